The van der Waals surface area contributed by atoms with Crippen molar-refractivity contribution in [3.8, 4) is 11.5 Å². The molecule has 3 aromatic rings. The molecule has 2 amide bonds. The number of rotatable bonds is 6. The Balaban J connectivity index is 1.59. The molecule has 3 heterocycles. The standard InChI is InChI=1S/C24H26ClFN6O5S/c1-24(2,3)37-23(34)31-12-19(13-31)32-11-14(5-20(32)21-27-9-16(26)10-28-21)22(33)29-17-6-15(25)7-18(8-17)30-38(4,35)36/h5-11,19,30H,12-13H2,1-4H3,(H,29,33). The second-order valence-corrected chi connectivity index (χ2v) is 12.0. The van der Waals surface area contributed by atoms with E-state index in [1.807, 2.05) is 0 Å². The summed E-state index contributed by atoms with van der Waals surface area (Å²) < 4.78 is 46.1. The van der Waals surface area contributed by atoms with Crippen LogP contribution < -0.4 is 10.0 Å². The van der Waals surface area contributed by atoms with E-state index in [0.717, 1.165) is 18.6 Å². The summed E-state index contributed by atoms with van der Waals surface area (Å²) in [5.41, 5.74) is 0.506. The van der Waals surface area contributed by atoms with Gasteiger partial charge in [-0.05, 0) is 45.0 Å². The Morgan fingerprint density at radius 2 is 1.74 bits per heavy atom. The SMILES string of the molecule is CC(C)(C)OC(=O)N1CC(n2cc(C(=O)Nc3cc(Cl)cc(NS(C)(=O)=O)c3)cc2-c2ncc(F)cn2)C1. The molecular weight excluding hydrogens is 539 g/mol. The fraction of sp³-hybridized carbons (Fsp3) is 0.333. The van der Waals surface area contributed by atoms with Crippen LogP contribution in [0.2, 0.25) is 5.02 Å². The molecule has 2 aromatic heterocycles. The zero-order valence-electron chi connectivity index (χ0n) is 21.0. The number of nitrogens with one attached hydrogen (secondary N) is 2. The number of carbonyl (C=O) groups is 2. The highest BCUT2D eigenvalue weighted by Crippen LogP contribution is 2.31. The van der Waals surface area contributed by atoms with Crippen LogP contribution in [0, 0.1) is 5.82 Å². The normalized spacial score (nSPS) is 14.1. The number of aromatic nitrogens is 3. The lowest BCUT2D eigenvalue weighted by atomic mass is 10.1. The van der Waals surface area contributed by atoms with E-state index < -0.39 is 33.4 Å². The van der Waals surface area contributed by atoms with Crippen molar-refractivity contribution in [2.24, 2.45) is 0 Å². The highest BCUT2D eigenvalue weighted by atomic mass is 35.5. The first kappa shape index (κ1) is 27.3. The summed E-state index contributed by atoms with van der Waals surface area (Å²) in [6, 6.07) is 5.66. The Hall–Kier alpha value is -3.71. The molecule has 4 rings (SSSR count). The number of halogens is 2. The molecule has 14 heteroatoms. The summed E-state index contributed by atoms with van der Waals surface area (Å²) in [7, 11) is -3.56. The molecule has 38 heavy (non-hydrogen) atoms. The molecule has 0 radical (unpaired) electrons. The van der Waals surface area contributed by atoms with Gasteiger partial charge in [-0.1, -0.05) is 11.6 Å². The molecule has 1 aliphatic heterocycles. The average Bonchev–Trinajstić information content (AvgIpc) is 3.15. The molecule has 1 saturated heterocycles. The molecule has 0 saturated carbocycles. The van der Waals surface area contributed by atoms with E-state index >= 15 is 0 Å². The van der Waals surface area contributed by atoms with Crippen LogP contribution >= 0.6 is 11.6 Å². The maximum absolute atomic E-state index is 13.5. The van der Waals surface area contributed by atoms with E-state index in [9.17, 15) is 22.4 Å². The van der Waals surface area contributed by atoms with Gasteiger partial charge < -0.3 is 19.5 Å². The van der Waals surface area contributed by atoms with Crippen LogP contribution in [0.15, 0.2) is 42.9 Å². The Bertz CT molecular complexity index is 1480. The van der Waals surface area contributed by atoms with Gasteiger partial charge in [-0.25, -0.2) is 27.6 Å². The molecule has 1 aromatic carbocycles. The van der Waals surface area contributed by atoms with E-state index in [4.69, 9.17) is 16.3 Å². The van der Waals surface area contributed by atoms with Gasteiger partial charge in [0.15, 0.2) is 11.6 Å². The number of sulfonamides is 1. The fourth-order valence-corrected chi connectivity index (χ4v) is 4.56. The Morgan fingerprint density at radius 1 is 1.11 bits per heavy atom. The first-order chi connectivity index (χ1) is 17.7. The van der Waals surface area contributed by atoms with Gasteiger partial charge in [-0.15, -0.1) is 0 Å². The number of carbonyl (C=O) groups excluding carboxylic acids is 2. The highest BCUT2D eigenvalue weighted by Gasteiger charge is 2.36. The third kappa shape index (κ3) is 6.78. The average molecular weight is 565 g/mol. The Morgan fingerprint density at radius 3 is 2.34 bits per heavy atom. The maximum Gasteiger partial charge on any atom is 0.410 e. The Labute approximate surface area is 224 Å². The number of anilines is 2. The zero-order chi connectivity index (χ0) is 27.8. The summed E-state index contributed by atoms with van der Waals surface area (Å²) in [5, 5.41) is 2.91. The van der Waals surface area contributed by atoms with Gasteiger partial charge in [-0.2, -0.15) is 0 Å². The Kier molecular flexibility index (Phi) is 7.35. The molecule has 0 atom stereocenters. The van der Waals surface area contributed by atoms with Gasteiger partial charge in [0.05, 0.1) is 41.6 Å². The first-order valence-corrected chi connectivity index (χ1v) is 13.7. The molecular formula is C24H26ClFN6O5S. The molecule has 2 N–H and O–H groups in total. The van der Waals surface area contributed by atoms with Crippen molar-refractivity contribution in [1.82, 2.24) is 19.4 Å². The van der Waals surface area contributed by atoms with Crippen LogP contribution in [0.25, 0.3) is 11.5 Å². The van der Waals surface area contributed by atoms with Crippen molar-refractivity contribution in [1.29, 1.82) is 0 Å². The third-order valence-electron chi connectivity index (χ3n) is 5.33. The van der Waals surface area contributed by atoms with Gasteiger partial charge in [0.1, 0.15) is 5.60 Å². The molecule has 1 aliphatic rings. The van der Waals surface area contributed by atoms with Crippen LogP contribution in [0.3, 0.4) is 0 Å². The molecule has 0 unspecified atom stereocenters. The third-order valence-corrected chi connectivity index (χ3v) is 6.15. The number of benzene rings is 1. The first-order valence-electron chi connectivity index (χ1n) is 11.4. The quantitative estimate of drug-likeness (QED) is 0.459. The predicted octanol–water partition coefficient (Wildman–Crippen LogP) is 4.15. The molecule has 202 valence electrons. The van der Waals surface area contributed by atoms with E-state index in [-0.39, 0.29) is 33.8 Å². The van der Waals surface area contributed by atoms with Crippen molar-refractivity contribution in [2.75, 3.05) is 29.4 Å². The molecule has 0 bridgehead atoms. The van der Waals surface area contributed by atoms with Gasteiger partial charge in [0, 0.05) is 30.0 Å². The summed E-state index contributed by atoms with van der Waals surface area (Å²) in [6.07, 6.45) is 4.19. The number of hydrogen-bond donors (Lipinski definition) is 2. The van der Waals surface area contributed by atoms with E-state index in [1.54, 1.807) is 37.6 Å². The van der Waals surface area contributed by atoms with Crippen LogP contribution in [0.1, 0.15) is 37.2 Å². The smallest absolute Gasteiger partial charge is 0.410 e. The van der Waals surface area contributed by atoms with Crippen molar-refractivity contribution in [3.63, 3.8) is 0 Å². The van der Waals surface area contributed by atoms with Crippen molar-refractivity contribution in [2.45, 2.75) is 32.4 Å². The van der Waals surface area contributed by atoms with E-state index in [2.05, 4.69) is 20.0 Å². The molecule has 0 spiro atoms. The second-order valence-electron chi connectivity index (χ2n) is 9.84. The lowest BCUT2D eigenvalue weighted by Crippen LogP contribution is -2.52. The molecule has 0 aliphatic carbocycles. The minimum absolute atomic E-state index is 0.185. The molecule has 11 nitrogen and oxygen atoms in total. The van der Waals surface area contributed by atoms with E-state index in [0.29, 0.717) is 18.8 Å². The minimum Gasteiger partial charge on any atom is -0.444 e. The van der Waals surface area contributed by atoms with E-state index in [1.165, 1.54) is 23.1 Å². The van der Waals surface area contributed by atoms with Crippen LogP contribution in [-0.2, 0) is 14.8 Å². The predicted molar refractivity (Wildman–Crippen MR) is 140 cm³/mol. The highest BCUT2D eigenvalue weighted by molar-refractivity contribution is 7.92. The van der Waals surface area contributed by atoms with Gasteiger partial charge in [0.25, 0.3) is 5.91 Å². The summed E-state index contributed by atoms with van der Waals surface area (Å²) in [4.78, 5) is 35.1. The minimum atomic E-state index is -3.56. The number of hydrogen-bond acceptors (Lipinski definition) is 7. The lowest BCUT2D eigenvalue weighted by molar-refractivity contribution is 0.00125. The van der Waals surface area contributed by atoms with Gasteiger partial charge in [-0.3, -0.25) is 9.52 Å². The van der Waals surface area contributed by atoms with Crippen LogP contribution in [0.4, 0.5) is 20.6 Å². The zero-order valence-corrected chi connectivity index (χ0v) is 22.6. The number of likely N-dealkylation sites (tertiary alicyclic amines) is 1. The summed E-state index contributed by atoms with van der Waals surface area (Å²) >= 11 is 6.10. The number of amides is 2. The second kappa shape index (κ2) is 10.2. The lowest BCUT2D eigenvalue weighted by Gasteiger charge is -2.41. The van der Waals surface area contributed by atoms with Crippen molar-refractivity contribution < 1.29 is 27.1 Å². The largest absolute Gasteiger partial charge is 0.444 e. The number of ether oxygens (including phenoxy) is 1. The topological polar surface area (TPSA) is 136 Å². The fourth-order valence-electron chi connectivity index (χ4n) is 3.77. The summed E-state index contributed by atoms with van der Waals surface area (Å²) in [6.45, 7) is 6.00. The van der Waals surface area contributed by atoms with Gasteiger partial charge >= 0.3 is 6.09 Å². The molecule has 1 fully saturated rings. The monoisotopic (exact) mass is 564 g/mol. The summed E-state index contributed by atoms with van der Waals surface area (Å²) in [5.74, 6) is -0.921. The number of nitrogens with zero attached hydrogens (tertiary/aromatic N) is 4. The van der Waals surface area contributed by atoms with Gasteiger partial charge in [0.2, 0.25) is 10.0 Å². The van der Waals surface area contributed by atoms with Crippen LogP contribution in [-0.4, -0.2) is 64.8 Å². The van der Waals surface area contributed by atoms with Crippen LogP contribution in [0.5, 0.6) is 0 Å². The maximum atomic E-state index is 13.5. The van der Waals surface area contributed by atoms with Crippen molar-refractivity contribution >= 4 is 45.0 Å². The van der Waals surface area contributed by atoms with Crippen molar-refractivity contribution in [3.05, 3.63) is 59.3 Å².